The van der Waals surface area contributed by atoms with Crippen molar-refractivity contribution in [2.24, 2.45) is 0 Å². The predicted molar refractivity (Wildman–Crippen MR) is 115 cm³/mol. The molecule has 0 aliphatic carbocycles. The lowest BCUT2D eigenvalue weighted by atomic mass is 10.1. The minimum atomic E-state index is 0.322. The van der Waals surface area contributed by atoms with E-state index in [9.17, 15) is 0 Å². The van der Waals surface area contributed by atoms with Crippen molar-refractivity contribution in [1.82, 2.24) is 0 Å². The van der Waals surface area contributed by atoms with Gasteiger partial charge in [-0.05, 0) is 25.0 Å². The van der Waals surface area contributed by atoms with E-state index in [4.69, 9.17) is 9.84 Å². The van der Waals surface area contributed by atoms with Gasteiger partial charge in [-0.15, -0.1) is 0 Å². The van der Waals surface area contributed by atoms with Gasteiger partial charge in [0.25, 0.3) is 0 Å². The number of benzene rings is 1. The fraction of sp³-hybridized carbons (Fsp3) is 0.750. The molecule has 1 aromatic carbocycles. The van der Waals surface area contributed by atoms with Crippen LogP contribution in [0.15, 0.2) is 30.3 Å². The van der Waals surface area contributed by atoms with Gasteiger partial charge >= 0.3 is 0 Å². The van der Waals surface area contributed by atoms with Crippen LogP contribution in [0.2, 0.25) is 0 Å². The van der Waals surface area contributed by atoms with Crippen molar-refractivity contribution in [2.75, 3.05) is 13.2 Å². The summed E-state index contributed by atoms with van der Waals surface area (Å²) in [5.74, 6) is 0.322. The average Bonchev–Trinajstić information content (AvgIpc) is 2.66. The molecule has 0 atom stereocenters. The highest BCUT2D eigenvalue weighted by molar-refractivity contribution is 5.18. The maximum absolute atomic E-state index is 8.63. The fourth-order valence-electron chi connectivity index (χ4n) is 2.85. The van der Waals surface area contributed by atoms with Gasteiger partial charge in [-0.25, -0.2) is 0 Å². The molecule has 0 aliphatic heterocycles. The molecule has 0 spiro atoms. The van der Waals surface area contributed by atoms with Crippen LogP contribution in [0.3, 0.4) is 0 Å². The Hall–Kier alpha value is -1.02. The largest absolute Gasteiger partial charge is 0.508 e. The summed E-state index contributed by atoms with van der Waals surface area (Å²) in [6.45, 7) is 6.53. The Morgan fingerprint density at radius 1 is 0.577 bits per heavy atom. The van der Waals surface area contributed by atoms with Gasteiger partial charge in [0.15, 0.2) is 0 Å². The minimum absolute atomic E-state index is 0.322. The molecule has 0 saturated carbocycles. The summed E-state index contributed by atoms with van der Waals surface area (Å²) < 4.78 is 5.69. The van der Waals surface area contributed by atoms with Crippen molar-refractivity contribution in [2.45, 2.75) is 104 Å². The summed E-state index contributed by atoms with van der Waals surface area (Å²) in [5.41, 5.74) is 0. The van der Waals surface area contributed by atoms with E-state index >= 15 is 0 Å². The third-order valence-corrected chi connectivity index (χ3v) is 4.54. The lowest BCUT2D eigenvalue weighted by Gasteiger charge is -2.04. The molecule has 26 heavy (non-hydrogen) atoms. The van der Waals surface area contributed by atoms with Crippen LogP contribution in [-0.4, -0.2) is 18.3 Å². The van der Waals surface area contributed by atoms with Crippen LogP contribution in [0.5, 0.6) is 5.75 Å². The van der Waals surface area contributed by atoms with E-state index in [2.05, 4.69) is 13.8 Å². The van der Waals surface area contributed by atoms with E-state index in [0.717, 1.165) is 13.2 Å². The lowest BCUT2D eigenvalue weighted by molar-refractivity contribution is 0.125. The number of hydrogen-bond donors (Lipinski definition) is 1. The molecular weight excluding hydrogens is 320 g/mol. The minimum Gasteiger partial charge on any atom is -0.508 e. The third kappa shape index (κ3) is 21.0. The van der Waals surface area contributed by atoms with Crippen LogP contribution in [0.1, 0.15) is 104 Å². The van der Waals surface area contributed by atoms with E-state index in [1.165, 1.54) is 89.9 Å². The molecule has 0 aliphatic rings. The number of ether oxygens (including phenoxy) is 1. The maximum Gasteiger partial charge on any atom is 0.115 e. The number of aromatic hydroxyl groups is 1. The summed E-state index contributed by atoms with van der Waals surface area (Å²) in [6, 6.07) is 8.71. The van der Waals surface area contributed by atoms with Crippen LogP contribution in [-0.2, 0) is 4.74 Å². The van der Waals surface area contributed by atoms with Gasteiger partial charge in [-0.1, -0.05) is 109 Å². The first-order valence-electron chi connectivity index (χ1n) is 11.1. The number of rotatable bonds is 16. The first-order chi connectivity index (χ1) is 12.8. The van der Waals surface area contributed by atoms with E-state index < -0.39 is 0 Å². The van der Waals surface area contributed by atoms with Gasteiger partial charge in [-0.2, -0.15) is 0 Å². The van der Waals surface area contributed by atoms with Crippen molar-refractivity contribution >= 4 is 0 Å². The number of unbranched alkanes of at least 4 members (excludes halogenated alkanes) is 12. The second-order valence-corrected chi connectivity index (χ2v) is 7.19. The van der Waals surface area contributed by atoms with E-state index in [0.29, 0.717) is 5.75 Å². The van der Waals surface area contributed by atoms with Crippen LogP contribution >= 0.6 is 0 Å². The molecule has 0 unspecified atom stereocenters. The Labute approximate surface area is 163 Å². The summed E-state index contributed by atoms with van der Waals surface area (Å²) in [7, 11) is 0. The molecule has 0 heterocycles. The highest BCUT2D eigenvalue weighted by Gasteiger charge is 1.93. The van der Waals surface area contributed by atoms with E-state index in [-0.39, 0.29) is 0 Å². The SMILES string of the molecule is CCCCCCCCCOCCCCCCCCC.Oc1ccccc1. The molecule has 2 nitrogen and oxygen atoms in total. The van der Waals surface area contributed by atoms with Crippen molar-refractivity contribution < 1.29 is 9.84 Å². The van der Waals surface area contributed by atoms with Gasteiger partial charge in [0.1, 0.15) is 5.75 Å². The van der Waals surface area contributed by atoms with E-state index in [1.54, 1.807) is 24.3 Å². The van der Waals surface area contributed by atoms with Gasteiger partial charge in [0.2, 0.25) is 0 Å². The third-order valence-electron chi connectivity index (χ3n) is 4.54. The smallest absolute Gasteiger partial charge is 0.115 e. The monoisotopic (exact) mass is 364 g/mol. The first-order valence-corrected chi connectivity index (χ1v) is 11.1. The molecule has 152 valence electrons. The molecule has 0 bridgehead atoms. The summed E-state index contributed by atoms with van der Waals surface area (Å²) in [4.78, 5) is 0. The first kappa shape index (κ1) is 25.0. The molecule has 1 rings (SSSR count). The Balaban J connectivity index is 0.000000735. The van der Waals surface area contributed by atoms with E-state index in [1.807, 2.05) is 6.07 Å². The molecular formula is C24H44O2. The average molecular weight is 365 g/mol. The highest BCUT2D eigenvalue weighted by atomic mass is 16.5. The summed E-state index contributed by atoms with van der Waals surface area (Å²) in [6.07, 6.45) is 19.3. The van der Waals surface area contributed by atoms with Crippen LogP contribution in [0.25, 0.3) is 0 Å². The number of phenolic OH excluding ortho intramolecular Hbond substituents is 1. The van der Waals surface area contributed by atoms with Crippen molar-refractivity contribution in [3.8, 4) is 5.75 Å². The molecule has 1 aromatic rings. The Kier molecular flexibility index (Phi) is 21.2. The second kappa shape index (κ2) is 22.0. The predicted octanol–water partition coefficient (Wildman–Crippen LogP) is 7.90. The maximum atomic E-state index is 8.63. The van der Waals surface area contributed by atoms with Gasteiger partial charge in [-0.3, -0.25) is 0 Å². The molecule has 0 aromatic heterocycles. The molecule has 0 saturated heterocycles. The topological polar surface area (TPSA) is 29.5 Å². The standard InChI is InChI=1S/C18H38O.C6H6O/c1-3-5-7-9-11-13-15-17-19-18-16-14-12-10-8-6-4-2;7-6-4-2-1-3-5-6/h3-18H2,1-2H3;1-5,7H. The second-order valence-electron chi connectivity index (χ2n) is 7.19. The fourth-order valence-corrected chi connectivity index (χ4v) is 2.85. The summed E-state index contributed by atoms with van der Waals surface area (Å²) in [5, 5.41) is 8.63. The van der Waals surface area contributed by atoms with Crippen molar-refractivity contribution in [3.05, 3.63) is 30.3 Å². The van der Waals surface area contributed by atoms with Crippen LogP contribution in [0.4, 0.5) is 0 Å². The number of hydrogen-bond acceptors (Lipinski definition) is 2. The van der Waals surface area contributed by atoms with Crippen molar-refractivity contribution in [3.63, 3.8) is 0 Å². The Bertz CT molecular complexity index is 334. The molecule has 0 radical (unpaired) electrons. The van der Waals surface area contributed by atoms with Crippen molar-refractivity contribution in [1.29, 1.82) is 0 Å². The molecule has 2 heteroatoms. The van der Waals surface area contributed by atoms with Crippen LogP contribution in [0, 0.1) is 0 Å². The Morgan fingerprint density at radius 3 is 1.31 bits per heavy atom. The van der Waals surface area contributed by atoms with Gasteiger partial charge < -0.3 is 9.84 Å². The molecule has 0 fully saturated rings. The van der Waals surface area contributed by atoms with Gasteiger partial charge in [0.05, 0.1) is 0 Å². The zero-order valence-electron chi connectivity index (χ0n) is 17.6. The lowest BCUT2D eigenvalue weighted by Crippen LogP contribution is -1.97. The molecule has 1 N–H and O–H groups in total. The quantitative estimate of drug-likeness (QED) is 0.302. The number of para-hydroxylation sites is 1. The normalized spacial score (nSPS) is 10.4. The zero-order chi connectivity index (χ0) is 19.1. The summed E-state index contributed by atoms with van der Waals surface area (Å²) >= 11 is 0. The zero-order valence-corrected chi connectivity index (χ0v) is 17.6. The number of phenols is 1. The Morgan fingerprint density at radius 2 is 0.962 bits per heavy atom. The highest BCUT2D eigenvalue weighted by Crippen LogP contribution is 2.08. The van der Waals surface area contributed by atoms with Gasteiger partial charge in [0, 0.05) is 13.2 Å². The van der Waals surface area contributed by atoms with Crippen LogP contribution < -0.4 is 0 Å². The molecule has 0 amide bonds.